The third-order valence-electron chi connectivity index (χ3n) is 3.65. The van der Waals surface area contributed by atoms with Crippen LogP contribution in [0.4, 0.5) is 4.39 Å². The Hall–Kier alpha value is -2.72. The van der Waals surface area contributed by atoms with Crippen LogP contribution < -0.4 is 10.9 Å². The second-order valence-corrected chi connectivity index (χ2v) is 5.59. The van der Waals surface area contributed by atoms with Crippen LogP contribution >= 0.6 is 11.6 Å². The van der Waals surface area contributed by atoms with E-state index in [1.54, 1.807) is 19.9 Å². The third-order valence-corrected chi connectivity index (χ3v) is 3.98. The summed E-state index contributed by atoms with van der Waals surface area (Å²) < 4.78 is 15.0. The molecule has 0 aliphatic rings. The van der Waals surface area contributed by atoms with Gasteiger partial charge in [0.05, 0.1) is 11.8 Å². The van der Waals surface area contributed by atoms with Crippen LogP contribution in [-0.4, -0.2) is 15.7 Å². The Labute approximate surface area is 142 Å². The Bertz CT molecular complexity index is 897. The molecule has 2 rings (SSSR count). The molecule has 2 aromatic rings. The Morgan fingerprint density at radius 2 is 2.12 bits per heavy atom. The van der Waals surface area contributed by atoms with E-state index < -0.39 is 23.3 Å². The van der Waals surface area contributed by atoms with Gasteiger partial charge in [0.15, 0.2) is 0 Å². The van der Waals surface area contributed by atoms with Gasteiger partial charge in [-0.05, 0) is 31.5 Å². The van der Waals surface area contributed by atoms with Crippen LogP contribution in [0.2, 0.25) is 5.02 Å². The fourth-order valence-electron chi connectivity index (χ4n) is 2.27. The van der Waals surface area contributed by atoms with Crippen molar-refractivity contribution in [1.82, 2.24) is 15.1 Å². The first-order valence-electron chi connectivity index (χ1n) is 6.96. The van der Waals surface area contributed by atoms with E-state index in [1.807, 2.05) is 0 Å². The largest absolute Gasteiger partial charge is 0.332 e. The van der Waals surface area contributed by atoms with Gasteiger partial charge in [0.2, 0.25) is 0 Å². The van der Waals surface area contributed by atoms with Gasteiger partial charge in [-0.25, -0.2) is 9.07 Å². The molecule has 24 heavy (non-hydrogen) atoms. The van der Waals surface area contributed by atoms with Crippen molar-refractivity contribution < 1.29 is 9.18 Å². The summed E-state index contributed by atoms with van der Waals surface area (Å²) in [5.74, 6) is -1.51. The number of aryl methyl sites for hydroxylation is 2. The summed E-state index contributed by atoms with van der Waals surface area (Å²) in [6.45, 7) is 3.23. The lowest BCUT2D eigenvalue weighted by atomic mass is 10.1. The first-order valence-corrected chi connectivity index (χ1v) is 7.34. The fraction of sp³-hybridized carbons (Fsp3) is 0.250. The molecule has 0 bridgehead atoms. The Balaban J connectivity index is 2.46. The van der Waals surface area contributed by atoms with Gasteiger partial charge in [0, 0.05) is 17.6 Å². The lowest BCUT2D eigenvalue weighted by Gasteiger charge is -2.15. The molecular formula is C16H14ClFN4O2. The highest BCUT2D eigenvalue weighted by Gasteiger charge is 2.24. The van der Waals surface area contributed by atoms with Crippen molar-refractivity contribution in [3.05, 3.63) is 61.8 Å². The lowest BCUT2D eigenvalue weighted by Crippen LogP contribution is -2.36. The molecule has 1 unspecified atom stereocenters. The number of hydrogen-bond donors (Lipinski definition) is 1. The van der Waals surface area contributed by atoms with Crippen molar-refractivity contribution in [3.63, 3.8) is 0 Å². The maximum Gasteiger partial charge on any atom is 0.279 e. The normalized spacial score (nSPS) is 11.7. The average Bonchev–Trinajstić information content (AvgIpc) is 2.52. The lowest BCUT2D eigenvalue weighted by molar-refractivity contribution is 0.0941. The molecule has 1 amide bonds. The number of amides is 1. The number of halogens is 2. The van der Waals surface area contributed by atoms with Gasteiger partial charge in [0.25, 0.3) is 11.5 Å². The molecule has 1 heterocycles. The minimum atomic E-state index is -1.33. The molecule has 0 aliphatic carbocycles. The minimum absolute atomic E-state index is 0.0115. The van der Waals surface area contributed by atoms with E-state index in [1.165, 1.54) is 19.2 Å². The van der Waals surface area contributed by atoms with E-state index in [4.69, 9.17) is 11.6 Å². The predicted molar refractivity (Wildman–Crippen MR) is 86.2 cm³/mol. The first-order chi connectivity index (χ1) is 11.3. The number of benzene rings is 1. The zero-order valence-electron chi connectivity index (χ0n) is 13.2. The van der Waals surface area contributed by atoms with Crippen LogP contribution in [0.3, 0.4) is 0 Å². The van der Waals surface area contributed by atoms with E-state index in [9.17, 15) is 19.2 Å². The molecule has 1 aromatic heterocycles. The number of nitrogens with one attached hydrogen (secondary N) is 1. The maximum absolute atomic E-state index is 14.0. The summed E-state index contributed by atoms with van der Waals surface area (Å²) in [5, 5.41) is 15.6. The van der Waals surface area contributed by atoms with Crippen LogP contribution in [0.1, 0.15) is 33.2 Å². The van der Waals surface area contributed by atoms with Gasteiger partial charge in [0.1, 0.15) is 17.4 Å². The molecule has 6 nitrogen and oxygen atoms in total. The van der Waals surface area contributed by atoms with Gasteiger partial charge < -0.3 is 5.32 Å². The Kier molecular flexibility index (Phi) is 5.00. The Morgan fingerprint density at radius 1 is 1.46 bits per heavy atom. The first kappa shape index (κ1) is 17.6. The standard InChI is InChI=1S/C16H14ClFN4O2/c1-8-9(2)21-22(3)16(24)13(8)15(23)20-12(7-19)14-10(17)5-4-6-11(14)18/h4-6,12H,1-3H3,(H,20,23). The second kappa shape index (κ2) is 6.81. The number of carbonyl (C=O) groups is 1. The number of rotatable bonds is 3. The van der Waals surface area contributed by atoms with E-state index in [-0.39, 0.29) is 16.1 Å². The zero-order chi connectivity index (χ0) is 18.0. The number of aromatic nitrogens is 2. The Morgan fingerprint density at radius 3 is 2.71 bits per heavy atom. The van der Waals surface area contributed by atoms with Crippen LogP contribution in [0.25, 0.3) is 0 Å². The molecule has 0 saturated heterocycles. The van der Waals surface area contributed by atoms with E-state index >= 15 is 0 Å². The highest BCUT2D eigenvalue weighted by molar-refractivity contribution is 6.31. The molecule has 1 aromatic carbocycles. The summed E-state index contributed by atoms with van der Waals surface area (Å²) in [6.07, 6.45) is 0. The van der Waals surface area contributed by atoms with Crippen molar-refractivity contribution in [3.8, 4) is 6.07 Å². The monoisotopic (exact) mass is 348 g/mol. The number of nitriles is 1. The second-order valence-electron chi connectivity index (χ2n) is 5.19. The van der Waals surface area contributed by atoms with Gasteiger partial charge in [-0.15, -0.1) is 0 Å². The zero-order valence-corrected chi connectivity index (χ0v) is 14.0. The van der Waals surface area contributed by atoms with Gasteiger partial charge in [-0.2, -0.15) is 10.4 Å². The molecule has 124 valence electrons. The number of carbonyl (C=O) groups excluding carboxylic acids is 1. The molecule has 0 spiro atoms. The molecule has 0 aliphatic heterocycles. The van der Waals surface area contributed by atoms with E-state index in [0.29, 0.717) is 11.3 Å². The predicted octanol–water partition coefficient (Wildman–Crippen LogP) is 2.18. The van der Waals surface area contributed by atoms with Gasteiger partial charge >= 0.3 is 0 Å². The van der Waals surface area contributed by atoms with Crippen LogP contribution in [0, 0.1) is 31.0 Å². The number of hydrogen-bond acceptors (Lipinski definition) is 4. The molecular weight excluding hydrogens is 335 g/mol. The van der Waals surface area contributed by atoms with Gasteiger partial charge in [-0.1, -0.05) is 17.7 Å². The quantitative estimate of drug-likeness (QED) is 0.920. The molecule has 1 N–H and O–H groups in total. The van der Waals surface area contributed by atoms with E-state index in [0.717, 1.165) is 10.7 Å². The molecule has 0 fully saturated rings. The average molecular weight is 349 g/mol. The smallest absolute Gasteiger partial charge is 0.279 e. The highest BCUT2D eigenvalue weighted by Crippen LogP contribution is 2.25. The fourth-order valence-corrected chi connectivity index (χ4v) is 2.55. The van der Waals surface area contributed by atoms with E-state index in [2.05, 4.69) is 10.4 Å². The van der Waals surface area contributed by atoms with Crippen LogP contribution in [0.5, 0.6) is 0 Å². The maximum atomic E-state index is 14.0. The van der Waals surface area contributed by atoms with Crippen LogP contribution in [0.15, 0.2) is 23.0 Å². The molecule has 0 saturated carbocycles. The molecule has 1 atom stereocenters. The highest BCUT2D eigenvalue weighted by atomic mass is 35.5. The number of nitrogens with zero attached hydrogens (tertiary/aromatic N) is 3. The summed E-state index contributed by atoms with van der Waals surface area (Å²) in [4.78, 5) is 24.7. The summed E-state index contributed by atoms with van der Waals surface area (Å²) >= 11 is 5.93. The van der Waals surface area contributed by atoms with Crippen molar-refractivity contribution in [2.45, 2.75) is 19.9 Å². The summed E-state index contributed by atoms with van der Waals surface area (Å²) in [6, 6.07) is 4.40. The summed E-state index contributed by atoms with van der Waals surface area (Å²) in [7, 11) is 1.42. The summed E-state index contributed by atoms with van der Waals surface area (Å²) in [5.41, 5.74) is 0.00602. The van der Waals surface area contributed by atoms with Crippen molar-refractivity contribution in [2.75, 3.05) is 0 Å². The third kappa shape index (κ3) is 3.14. The topological polar surface area (TPSA) is 87.8 Å². The molecule has 0 radical (unpaired) electrons. The minimum Gasteiger partial charge on any atom is -0.332 e. The SMILES string of the molecule is Cc1nn(C)c(=O)c(C(=O)NC(C#N)c2c(F)cccc2Cl)c1C. The van der Waals surface area contributed by atoms with Crippen LogP contribution in [-0.2, 0) is 7.05 Å². The van der Waals surface area contributed by atoms with Crippen molar-refractivity contribution in [1.29, 1.82) is 5.26 Å². The van der Waals surface area contributed by atoms with Crippen molar-refractivity contribution >= 4 is 17.5 Å². The molecule has 8 heteroatoms. The van der Waals surface area contributed by atoms with Gasteiger partial charge in [-0.3, -0.25) is 9.59 Å². The van der Waals surface area contributed by atoms with Crippen molar-refractivity contribution in [2.24, 2.45) is 7.05 Å².